The third kappa shape index (κ3) is 5.47. The number of aromatic nitrogens is 1. The molecule has 2 aliphatic heterocycles. The Bertz CT molecular complexity index is 1350. The zero-order chi connectivity index (χ0) is 27.6. The molecule has 0 atom stereocenters. The fourth-order valence-electron chi connectivity index (χ4n) is 6.44. The van der Waals surface area contributed by atoms with Gasteiger partial charge >= 0.3 is 12.1 Å². The summed E-state index contributed by atoms with van der Waals surface area (Å²) >= 11 is 0. The summed E-state index contributed by atoms with van der Waals surface area (Å²) < 4.78 is 52.8. The van der Waals surface area contributed by atoms with Crippen molar-refractivity contribution in [3.05, 3.63) is 59.2 Å². The predicted molar refractivity (Wildman–Crippen MR) is 144 cm³/mol. The van der Waals surface area contributed by atoms with E-state index < -0.39 is 17.7 Å². The number of halogens is 3. The van der Waals surface area contributed by atoms with E-state index >= 15 is 0 Å². The summed E-state index contributed by atoms with van der Waals surface area (Å²) in [5, 5.41) is 4.03. The number of fused-ring (bicyclic) bond motifs is 1. The number of nitrogens with zero attached hydrogens (tertiary/aromatic N) is 2. The number of esters is 1. The Balaban J connectivity index is 1.78. The van der Waals surface area contributed by atoms with E-state index in [2.05, 4.69) is 5.32 Å². The molecule has 9 heteroatoms. The predicted octanol–water partition coefficient (Wildman–Crippen LogP) is 5.97. The molecule has 5 rings (SSSR count). The molecule has 0 radical (unpaired) electrons. The molecule has 0 aliphatic carbocycles. The highest BCUT2D eigenvalue weighted by molar-refractivity contribution is 6.06. The Morgan fingerprint density at radius 3 is 2.46 bits per heavy atom. The molecule has 1 aromatic heterocycles. The molecule has 0 saturated carbocycles. The fourth-order valence-corrected chi connectivity index (χ4v) is 6.44. The average molecular weight is 543 g/mol. The summed E-state index contributed by atoms with van der Waals surface area (Å²) in [4.78, 5) is 18.4. The Kier molecular flexibility index (Phi) is 7.82. The first-order valence-electron chi connectivity index (χ1n) is 13.6. The van der Waals surface area contributed by atoms with Gasteiger partial charge in [0.15, 0.2) is 0 Å². The van der Waals surface area contributed by atoms with Crippen molar-refractivity contribution in [3.63, 3.8) is 0 Å². The molecule has 6 nitrogen and oxygen atoms in total. The molecule has 0 amide bonds. The Morgan fingerprint density at radius 2 is 1.79 bits per heavy atom. The standard InChI is InChI=1S/C30H35F3N3O3/c1-38-23-9-10-26-24(18-23)27(29(37)39-2)25(28(35-26)20-7-6-8-21(17-20)30(31,32)33)19-36(15-4-3-5-16-36)22-11-13-34-14-12-22/h6-10,17-18,22,34H,3-5,11-16,19H2,1-2H3/q+1. The van der Waals surface area contributed by atoms with E-state index in [9.17, 15) is 18.0 Å². The summed E-state index contributed by atoms with van der Waals surface area (Å²) in [6.07, 6.45) is 0.836. The monoisotopic (exact) mass is 542 g/mol. The lowest BCUT2D eigenvalue weighted by molar-refractivity contribution is -0.968. The number of carbonyl (C=O) groups excluding carboxylic acids is 1. The first-order valence-corrected chi connectivity index (χ1v) is 13.6. The van der Waals surface area contributed by atoms with Gasteiger partial charge in [0.25, 0.3) is 0 Å². The van der Waals surface area contributed by atoms with Crippen LogP contribution < -0.4 is 10.1 Å². The number of carbonyl (C=O) groups is 1. The quantitative estimate of drug-likeness (QED) is 0.307. The van der Waals surface area contributed by atoms with Crippen LogP contribution in [-0.2, 0) is 17.5 Å². The number of hydrogen-bond acceptors (Lipinski definition) is 5. The average Bonchev–Trinajstić information content (AvgIpc) is 2.96. The molecule has 3 aromatic rings. The second-order valence-electron chi connectivity index (χ2n) is 10.6. The maximum absolute atomic E-state index is 13.7. The summed E-state index contributed by atoms with van der Waals surface area (Å²) in [7, 11) is 2.88. The number of hydrogen-bond donors (Lipinski definition) is 1. The van der Waals surface area contributed by atoms with E-state index in [1.807, 2.05) is 0 Å². The summed E-state index contributed by atoms with van der Waals surface area (Å²) in [5.41, 5.74) is 1.48. The highest BCUT2D eigenvalue weighted by Gasteiger charge is 2.41. The summed E-state index contributed by atoms with van der Waals surface area (Å²) in [6.45, 7) is 4.29. The number of rotatable bonds is 6. The number of pyridine rings is 1. The van der Waals surface area contributed by atoms with E-state index in [1.165, 1.54) is 13.2 Å². The van der Waals surface area contributed by atoms with E-state index in [-0.39, 0.29) is 0 Å². The molecule has 1 N–H and O–H groups in total. The smallest absolute Gasteiger partial charge is 0.416 e. The molecular weight excluding hydrogens is 507 g/mol. The lowest BCUT2D eigenvalue weighted by Crippen LogP contribution is -2.60. The van der Waals surface area contributed by atoms with Crippen LogP contribution in [0.15, 0.2) is 42.5 Å². The summed E-state index contributed by atoms with van der Waals surface area (Å²) in [6, 6.07) is 10.9. The van der Waals surface area contributed by atoms with Crippen molar-refractivity contribution in [2.45, 2.75) is 50.9 Å². The van der Waals surface area contributed by atoms with Gasteiger partial charge in [-0.2, -0.15) is 13.2 Å². The van der Waals surface area contributed by atoms with Crippen molar-refractivity contribution >= 4 is 16.9 Å². The van der Waals surface area contributed by atoms with Crippen LogP contribution in [0.1, 0.15) is 53.6 Å². The number of alkyl halides is 3. The normalized spacial score (nSPS) is 18.2. The molecule has 2 aliphatic rings. The maximum Gasteiger partial charge on any atom is 0.416 e. The molecule has 2 aromatic carbocycles. The van der Waals surface area contributed by atoms with Gasteiger partial charge in [0.05, 0.1) is 55.7 Å². The van der Waals surface area contributed by atoms with Crippen LogP contribution in [0.4, 0.5) is 13.2 Å². The van der Waals surface area contributed by atoms with Crippen molar-refractivity contribution < 1.29 is 31.9 Å². The van der Waals surface area contributed by atoms with Crippen LogP contribution in [-0.4, -0.2) is 61.9 Å². The minimum absolute atomic E-state index is 0.336. The van der Waals surface area contributed by atoms with Gasteiger partial charge < -0.3 is 19.3 Å². The van der Waals surface area contributed by atoms with Crippen LogP contribution in [0.2, 0.25) is 0 Å². The number of methoxy groups -OCH3 is 2. The first kappa shape index (κ1) is 27.4. The third-order valence-corrected chi connectivity index (χ3v) is 8.41. The van der Waals surface area contributed by atoms with Crippen LogP contribution in [0, 0.1) is 0 Å². The van der Waals surface area contributed by atoms with Crippen LogP contribution >= 0.6 is 0 Å². The molecule has 39 heavy (non-hydrogen) atoms. The minimum atomic E-state index is -4.50. The van der Waals surface area contributed by atoms with Crippen LogP contribution in [0.3, 0.4) is 0 Å². The second kappa shape index (κ2) is 11.1. The second-order valence-corrected chi connectivity index (χ2v) is 10.6. The van der Waals surface area contributed by atoms with Crippen molar-refractivity contribution in [2.24, 2.45) is 0 Å². The molecule has 0 bridgehead atoms. The highest BCUT2D eigenvalue weighted by Crippen LogP contribution is 2.39. The van der Waals surface area contributed by atoms with E-state index in [4.69, 9.17) is 14.5 Å². The minimum Gasteiger partial charge on any atom is -0.497 e. The van der Waals surface area contributed by atoms with Gasteiger partial charge in [-0.25, -0.2) is 9.78 Å². The van der Waals surface area contributed by atoms with Gasteiger partial charge in [-0.1, -0.05) is 12.1 Å². The Hall–Kier alpha value is -3.17. The third-order valence-electron chi connectivity index (χ3n) is 8.41. The van der Waals surface area contributed by atoms with Crippen molar-refractivity contribution in [2.75, 3.05) is 40.4 Å². The lowest BCUT2D eigenvalue weighted by Gasteiger charge is -2.49. The number of likely N-dealkylation sites (tertiary alicyclic amines) is 1. The maximum atomic E-state index is 13.7. The van der Waals surface area contributed by atoms with Gasteiger partial charge in [-0.05, 0) is 49.6 Å². The topological polar surface area (TPSA) is 60.5 Å². The number of benzene rings is 2. The summed E-state index contributed by atoms with van der Waals surface area (Å²) in [5.74, 6) is 0.0341. The van der Waals surface area contributed by atoms with Gasteiger partial charge in [0.1, 0.15) is 12.3 Å². The van der Waals surface area contributed by atoms with Gasteiger partial charge in [0, 0.05) is 42.4 Å². The van der Waals surface area contributed by atoms with Crippen molar-refractivity contribution in [1.82, 2.24) is 10.3 Å². The molecule has 0 unspecified atom stereocenters. The van der Waals surface area contributed by atoms with Gasteiger partial charge in [-0.3, -0.25) is 0 Å². The Labute approximate surface area is 226 Å². The van der Waals surface area contributed by atoms with Gasteiger partial charge in [0.2, 0.25) is 0 Å². The van der Waals surface area contributed by atoms with Gasteiger partial charge in [-0.15, -0.1) is 0 Å². The van der Waals surface area contributed by atoms with E-state index in [0.717, 1.165) is 74.9 Å². The molecule has 2 fully saturated rings. The molecular formula is C30H35F3N3O3+. The molecule has 3 heterocycles. The fraction of sp³-hybridized carbons (Fsp3) is 0.467. The van der Waals surface area contributed by atoms with Crippen molar-refractivity contribution in [1.29, 1.82) is 0 Å². The largest absolute Gasteiger partial charge is 0.497 e. The first-order chi connectivity index (χ1) is 18.8. The number of piperidine rings is 2. The number of quaternary nitrogens is 1. The van der Waals surface area contributed by atoms with Crippen molar-refractivity contribution in [3.8, 4) is 17.0 Å². The van der Waals surface area contributed by atoms with E-state index in [0.29, 0.717) is 51.6 Å². The molecule has 0 spiro atoms. The number of ether oxygens (including phenoxy) is 2. The SMILES string of the molecule is COC(=O)c1c(C[N+]2(C3CCNCC3)CCCCC2)c(-c2cccc(C(F)(F)F)c2)nc2ccc(OC)cc12. The zero-order valence-electron chi connectivity index (χ0n) is 22.4. The molecule has 208 valence electrons. The van der Waals surface area contributed by atoms with Crippen LogP contribution in [0.5, 0.6) is 5.75 Å². The molecule has 2 saturated heterocycles. The highest BCUT2D eigenvalue weighted by atomic mass is 19.4. The van der Waals surface area contributed by atoms with Crippen LogP contribution in [0.25, 0.3) is 22.2 Å². The Morgan fingerprint density at radius 1 is 1.05 bits per heavy atom. The zero-order valence-corrected chi connectivity index (χ0v) is 22.4. The lowest BCUT2D eigenvalue weighted by atomic mass is 9.90. The van der Waals surface area contributed by atoms with E-state index in [1.54, 1.807) is 31.4 Å². The number of nitrogens with one attached hydrogen (secondary N) is 1.